The van der Waals surface area contributed by atoms with Gasteiger partial charge in [-0.1, -0.05) is 6.07 Å². The van der Waals surface area contributed by atoms with Crippen LogP contribution in [-0.2, 0) is 0 Å². The molecule has 0 radical (unpaired) electrons. The van der Waals surface area contributed by atoms with E-state index >= 15 is 0 Å². The predicted octanol–water partition coefficient (Wildman–Crippen LogP) is 1.14. The van der Waals surface area contributed by atoms with Gasteiger partial charge >= 0.3 is 0 Å². The number of carbonyl (C=O) groups excluding carboxylic acids is 1. The maximum absolute atomic E-state index is 13.3. The van der Waals surface area contributed by atoms with Gasteiger partial charge in [-0.05, 0) is 18.6 Å². The maximum atomic E-state index is 13.3. The van der Waals surface area contributed by atoms with Crippen molar-refractivity contribution < 1.29 is 13.6 Å². The number of benzene rings is 1. The fourth-order valence-corrected chi connectivity index (χ4v) is 1.83. The van der Waals surface area contributed by atoms with E-state index in [0.29, 0.717) is 19.5 Å². The number of likely N-dealkylation sites (tertiary alicyclic amines) is 1. The normalized spacial score (nSPS) is 20.2. The van der Waals surface area contributed by atoms with Crippen molar-refractivity contribution in [2.45, 2.75) is 12.5 Å². The highest BCUT2D eigenvalue weighted by Crippen LogP contribution is 2.17. The van der Waals surface area contributed by atoms with Crippen LogP contribution in [-0.4, -0.2) is 29.9 Å². The molecule has 0 aromatic heterocycles. The van der Waals surface area contributed by atoms with Gasteiger partial charge in [-0.3, -0.25) is 4.79 Å². The Hall–Kier alpha value is -1.49. The molecule has 0 bridgehead atoms. The Balaban J connectivity index is 2.27. The number of nitrogens with two attached hydrogens (primary N) is 1. The molecule has 1 fully saturated rings. The second kappa shape index (κ2) is 4.17. The van der Waals surface area contributed by atoms with Gasteiger partial charge in [0, 0.05) is 19.1 Å². The fourth-order valence-electron chi connectivity index (χ4n) is 1.83. The summed E-state index contributed by atoms with van der Waals surface area (Å²) in [6.45, 7) is 0.806. The van der Waals surface area contributed by atoms with Gasteiger partial charge in [0.05, 0.1) is 0 Å². The monoisotopic (exact) mass is 226 g/mol. The summed E-state index contributed by atoms with van der Waals surface area (Å²) in [7, 11) is 0. The summed E-state index contributed by atoms with van der Waals surface area (Å²) in [6.07, 6.45) is 0.668. The van der Waals surface area contributed by atoms with Gasteiger partial charge in [0.15, 0.2) is 0 Å². The molecule has 1 aliphatic rings. The molecule has 5 heteroatoms. The maximum Gasteiger partial charge on any atom is 0.259 e. The summed E-state index contributed by atoms with van der Waals surface area (Å²) in [5, 5.41) is 0. The van der Waals surface area contributed by atoms with Gasteiger partial charge in [0.25, 0.3) is 5.91 Å². The molecule has 3 nitrogen and oxygen atoms in total. The standard InChI is InChI=1S/C11H12F2N2O/c12-8-2-1-3-9(13)10(8)11(16)15-5-4-7(14)6-15/h1-3,7H,4-6,14H2/t7-/m0/s1. The van der Waals surface area contributed by atoms with Gasteiger partial charge in [-0.15, -0.1) is 0 Å². The number of halogens is 2. The average Bonchev–Trinajstić information content (AvgIpc) is 2.64. The summed E-state index contributed by atoms with van der Waals surface area (Å²) in [4.78, 5) is 13.2. The van der Waals surface area contributed by atoms with Crippen LogP contribution in [0.1, 0.15) is 16.8 Å². The Morgan fingerprint density at radius 1 is 1.38 bits per heavy atom. The van der Waals surface area contributed by atoms with Gasteiger partial charge in [-0.25, -0.2) is 8.78 Å². The minimum absolute atomic E-state index is 0.0983. The minimum Gasteiger partial charge on any atom is -0.337 e. The molecule has 1 amide bonds. The predicted molar refractivity (Wildman–Crippen MR) is 54.9 cm³/mol. The van der Waals surface area contributed by atoms with Crippen LogP contribution >= 0.6 is 0 Å². The third-order valence-electron chi connectivity index (χ3n) is 2.69. The Kier molecular flexibility index (Phi) is 2.87. The molecule has 1 saturated heterocycles. The van der Waals surface area contributed by atoms with Gasteiger partial charge in [0.2, 0.25) is 0 Å². The number of carbonyl (C=O) groups is 1. The molecule has 0 unspecified atom stereocenters. The quantitative estimate of drug-likeness (QED) is 0.780. The second-order valence-corrected chi connectivity index (χ2v) is 3.90. The van der Waals surface area contributed by atoms with Crippen molar-refractivity contribution in [3.8, 4) is 0 Å². The van der Waals surface area contributed by atoms with E-state index in [1.54, 1.807) is 0 Å². The smallest absolute Gasteiger partial charge is 0.259 e. The Bertz CT molecular complexity index is 402. The van der Waals surface area contributed by atoms with Crippen molar-refractivity contribution in [1.82, 2.24) is 4.90 Å². The zero-order valence-electron chi connectivity index (χ0n) is 8.62. The van der Waals surface area contributed by atoms with Crippen molar-refractivity contribution in [3.05, 3.63) is 35.4 Å². The summed E-state index contributed by atoms with van der Waals surface area (Å²) >= 11 is 0. The molecule has 1 aromatic carbocycles. The molecule has 16 heavy (non-hydrogen) atoms. The molecule has 86 valence electrons. The second-order valence-electron chi connectivity index (χ2n) is 3.90. The number of amides is 1. The SMILES string of the molecule is N[C@H]1CCN(C(=O)c2c(F)cccc2F)C1. The lowest BCUT2D eigenvalue weighted by Crippen LogP contribution is -2.33. The van der Waals surface area contributed by atoms with E-state index < -0.39 is 23.1 Å². The fraction of sp³-hybridized carbons (Fsp3) is 0.364. The van der Waals surface area contributed by atoms with Crippen molar-refractivity contribution in [1.29, 1.82) is 0 Å². The van der Waals surface area contributed by atoms with E-state index in [-0.39, 0.29) is 6.04 Å². The van der Waals surface area contributed by atoms with Crippen LogP contribution in [0.3, 0.4) is 0 Å². The Labute approximate surface area is 91.8 Å². The molecular formula is C11H12F2N2O. The van der Waals surface area contributed by atoms with Crippen LogP contribution in [0.5, 0.6) is 0 Å². The molecule has 2 N–H and O–H groups in total. The van der Waals surface area contributed by atoms with Crippen molar-refractivity contribution in [2.75, 3.05) is 13.1 Å². The van der Waals surface area contributed by atoms with Crippen LogP contribution < -0.4 is 5.73 Å². The first-order chi connectivity index (χ1) is 7.59. The van der Waals surface area contributed by atoms with E-state index in [9.17, 15) is 13.6 Å². The molecule has 2 rings (SSSR count). The molecule has 1 atom stereocenters. The third-order valence-corrected chi connectivity index (χ3v) is 2.69. The zero-order chi connectivity index (χ0) is 11.7. The third kappa shape index (κ3) is 1.90. The summed E-state index contributed by atoms with van der Waals surface area (Å²) in [6, 6.07) is 3.29. The highest BCUT2D eigenvalue weighted by Gasteiger charge is 2.28. The van der Waals surface area contributed by atoms with E-state index in [1.165, 1.54) is 11.0 Å². The molecule has 0 aliphatic carbocycles. The number of nitrogens with zero attached hydrogens (tertiary/aromatic N) is 1. The van der Waals surface area contributed by atoms with Crippen molar-refractivity contribution in [2.24, 2.45) is 5.73 Å². The molecule has 1 aliphatic heterocycles. The highest BCUT2D eigenvalue weighted by molar-refractivity contribution is 5.95. The van der Waals surface area contributed by atoms with Gasteiger partial charge in [0.1, 0.15) is 17.2 Å². The van der Waals surface area contributed by atoms with Crippen LogP contribution in [0.4, 0.5) is 8.78 Å². The molecule has 1 aromatic rings. The minimum atomic E-state index is -0.828. The first-order valence-corrected chi connectivity index (χ1v) is 5.08. The Morgan fingerprint density at radius 3 is 2.50 bits per heavy atom. The number of hydrogen-bond donors (Lipinski definition) is 1. The van der Waals surface area contributed by atoms with E-state index in [0.717, 1.165) is 12.1 Å². The van der Waals surface area contributed by atoms with Crippen LogP contribution in [0.15, 0.2) is 18.2 Å². The van der Waals surface area contributed by atoms with Crippen molar-refractivity contribution in [3.63, 3.8) is 0 Å². The lowest BCUT2D eigenvalue weighted by Gasteiger charge is -2.16. The van der Waals surface area contributed by atoms with Gasteiger partial charge in [-0.2, -0.15) is 0 Å². The molecule has 0 saturated carbocycles. The average molecular weight is 226 g/mol. The number of rotatable bonds is 1. The molecule has 1 heterocycles. The lowest BCUT2D eigenvalue weighted by molar-refractivity contribution is 0.0781. The summed E-state index contributed by atoms with van der Waals surface area (Å²) in [5.41, 5.74) is 5.15. The molecular weight excluding hydrogens is 214 g/mol. The zero-order valence-corrected chi connectivity index (χ0v) is 8.62. The first-order valence-electron chi connectivity index (χ1n) is 5.08. The van der Waals surface area contributed by atoms with E-state index in [1.807, 2.05) is 0 Å². The van der Waals surface area contributed by atoms with Crippen LogP contribution in [0, 0.1) is 11.6 Å². The lowest BCUT2D eigenvalue weighted by atomic mass is 10.1. The largest absolute Gasteiger partial charge is 0.337 e. The van der Waals surface area contributed by atoms with Crippen LogP contribution in [0.2, 0.25) is 0 Å². The van der Waals surface area contributed by atoms with E-state index in [4.69, 9.17) is 5.73 Å². The van der Waals surface area contributed by atoms with Crippen LogP contribution in [0.25, 0.3) is 0 Å². The van der Waals surface area contributed by atoms with Crippen molar-refractivity contribution >= 4 is 5.91 Å². The number of hydrogen-bond acceptors (Lipinski definition) is 2. The topological polar surface area (TPSA) is 46.3 Å². The summed E-state index contributed by atoms with van der Waals surface area (Å²) in [5.74, 6) is -2.28. The van der Waals surface area contributed by atoms with Gasteiger partial charge < -0.3 is 10.6 Å². The van der Waals surface area contributed by atoms with E-state index in [2.05, 4.69) is 0 Å². The summed E-state index contributed by atoms with van der Waals surface area (Å²) < 4.78 is 26.7. The molecule has 0 spiro atoms. The highest BCUT2D eigenvalue weighted by atomic mass is 19.1. The first kappa shape index (κ1) is 11.0. The Morgan fingerprint density at radius 2 is 2.00 bits per heavy atom.